The number of hydrogen-bond acceptors (Lipinski definition) is 6. The summed E-state index contributed by atoms with van der Waals surface area (Å²) in [5, 5.41) is 12.5. The highest BCUT2D eigenvalue weighted by Gasteiger charge is 2.22. The fourth-order valence-corrected chi connectivity index (χ4v) is 2.52. The van der Waals surface area contributed by atoms with Gasteiger partial charge in [-0.05, 0) is 12.1 Å². The second-order valence-electron chi connectivity index (χ2n) is 5.55. The minimum atomic E-state index is -1.10. The standard InChI is InChI=1S/C17H14F2N4O4/c1-27-12-5-4-10-14(20)13(17(25)23(26)15(10)22-12)16(24)21-7-8-2-3-9(18)6-11(8)19/h2-6,26H,7,20H2,1H3,(H,21,24). The second-order valence-corrected chi connectivity index (χ2v) is 5.55. The molecule has 0 radical (unpaired) electrons. The maximum absolute atomic E-state index is 13.7. The third-order valence-electron chi connectivity index (χ3n) is 3.91. The predicted octanol–water partition coefficient (Wildman–Crippen LogP) is 1.43. The molecule has 140 valence electrons. The summed E-state index contributed by atoms with van der Waals surface area (Å²) in [7, 11) is 1.35. The van der Waals surface area contributed by atoms with E-state index in [1.165, 1.54) is 19.2 Å². The van der Waals surface area contributed by atoms with Crippen molar-refractivity contribution in [2.45, 2.75) is 6.54 Å². The minimum absolute atomic E-state index is 0.0137. The Morgan fingerprint density at radius 1 is 1.33 bits per heavy atom. The van der Waals surface area contributed by atoms with Crippen molar-refractivity contribution < 1.29 is 23.5 Å². The molecule has 0 fully saturated rings. The molecule has 8 nitrogen and oxygen atoms in total. The highest BCUT2D eigenvalue weighted by atomic mass is 19.1. The smallest absolute Gasteiger partial charge is 0.299 e. The molecule has 0 aliphatic rings. The number of carbonyl (C=O) groups excluding carboxylic acids is 1. The zero-order valence-electron chi connectivity index (χ0n) is 14.0. The molecular formula is C17H14F2N4O4. The number of anilines is 1. The van der Waals surface area contributed by atoms with Crippen molar-refractivity contribution in [3.8, 4) is 5.88 Å². The molecule has 2 aromatic heterocycles. The number of amides is 1. The molecule has 0 unspecified atom stereocenters. The number of halogens is 2. The minimum Gasteiger partial charge on any atom is -0.481 e. The van der Waals surface area contributed by atoms with E-state index in [0.29, 0.717) is 6.07 Å². The fraction of sp³-hybridized carbons (Fsp3) is 0.118. The van der Waals surface area contributed by atoms with Crippen LogP contribution < -0.4 is 21.3 Å². The molecule has 27 heavy (non-hydrogen) atoms. The van der Waals surface area contributed by atoms with Crippen LogP contribution in [0.3, 0.4) is 0 Å². The zero-order valence-corrected chi connectivity index (χ0v) is 14.0. The molecule has 3 aromatic rings. The highest BCUT2D eigenvalue weighted by molar-refractivity contribution is 6.05. The number of nitrogen functional groups attached to an aromatic ring is 1. The number of nitrogens with two attached hydrogens (primary N) is 1. The normalized spacial score (nSPS) is 10.8. The van der Waals surface area contributed by atoms with Gasteiger partial charge in [-0.3, -0.25) is 9.59 Å². The molecule has 0 saturated heterocycles. The monoisotopic (exact) mass is 376 g/mol. The van der Waals surface area contributed by atoms with Crippen molar-refractivity contribution in [1.82, 2.24) is 15.0 Å². The van der Waals surface area contributed by atoms with E-state index in [0.717, 1.165) is 12.1 Å². The largest absolute Gasteiger partial charge is 0.481 e. The first kappa shape index (κ1) is 18.1. The lowest BCUT2D eigenvalue weighted by Gasteiger charge is -2.12. The lowest BCUT2D eigenvalue weighted by molar-refractivity contribution is 0.0944. The topological polar surface area (TPSA) is 119 Å². The van der Waals surface area contributed by atoms with Crippen molar-refractivity contribution in [2.24, 2.45) is 0 Å². The number of nitrogens with one attached hydrogen (secondary N) is 1. The Labute approximate surface area is 150 Å². The molecule has 0 atom stereocenters. The van der Waals surface area contributed by atoms with Crippen molar-refractivity contribution >= 4 is 22.6 Å². The summed E-state index contributed by atoms with van der Waals surface area (Å²) >= 11 is 0. The number of ether oxygens (including phenoxy) is 1. The zero-order chi connectivity index (χ0) is 19.7. The van der Waals surface area contributed by atoms with Gasteiger partial charge < -0.3 is 21.0 Å². The molecule has 0 aliphatic carbocycles. The van der Waals surface area contributed by atoms with Crippen LogP contribution in [0.4, 0.5) is 14.5 Å². The van der Waals surface area contributed by atoms with Crippen LogP contribution in [0, 0.1) is 11.6 Å². The van der Waals surface area contributed by atoms with E-state index in [1.54, 1.807) is 0 Å². The number of aromatic nitrogens is 2. The SMILES string of the molecule is COc1ccc2c(N)c(C(=O)NCc3ccc(F)cc3F)c(=O)n(O)c2n1. The fourth-order valence-electron chi connectivity index (χ4n) is 2.52. The molecule has 3 rings (SSSR count). The summed E-state index contributed by atoms with van der Waals surface area (Å²) in [5.41, 5.74) is 3.91. The molecule has 1 amide bonds. The number of benzene rings is 1. The van der Waals surface area contributed by atoms with Gasteiger partial charge in [0.15, 0.2) is 5.65 Å². The molecule has 0 aliphatic heterocycles. The summed E-state index contributed by atoms with van der Waals surface area (Å²) < 4.78 is 31.7. The van der Waals surface area contributed by atoms with Crippen LogP contribution in [-0.4, -0.2) is 27.9 Å². The quantitative estimate of drug-likeness (QED) is 0.593. The van der Waals surface area contributed by atoms with Crippen LogP contribution in [-0.2, 0) is 6.54 Å². The van der Waals surface area contributed by atoms with Gasteiger partial charge in [0, 0.05) is 29.6 Å². The van der Waals surface area contributed by atoms with E-state index in [9.17, 15) is 23.6 Å². The van der Waals surface area contributed by atoms with Crippen molar-refractivity contribution in [3.05, 3.63) is 63.4 Å². The number of nitrogens with zero attached hydrogens (tertiary/aromatic N) is 2. The van der Waals surface area contributed by atoms with Gasteiger partial charge in [-0.15, -0.1) is 4.73 Å². The molecule has 10 heteroatoms. The third-order valence-corrected chi connectivity index (χ3v) is 3.91. The number of rotatable bonds is 4. The Morgan fingerprint density at radius 3 is 2.74 bits per heavy atom. The van der Waals surface area contributed by atoms with Crippen molar-refractivity contribution in [3.63, 3.8) is 0 Å². The number of fused-ring (bicyclic) bond motifs is 1. The molecule has 1 aromatic carbocycles. The van der Waals surface area contributed by atoms with Crippen molar-refractivity contribution in [1.29, 1.82) is 0 Å². The summed E-state index contributed by atoms with van der Waals surface area (Å²) in [4.78, 5) is 28.7. The number of carbonyl (C=O) groups is 1. The van der Waals surface area contributed by atoms with Gasteiger partial charge in [0.05, 0.1) is 12.8 Å². The number of pyridine rings is 2. The van der Waals surface area contributed by atoms with Crippen LogP contribution in [0.15, 0.2) is 35.1 Å². The third kappa shape index (κ3) is 3.24. The Bertz CT molecular complexity index is 1110. The molecule has 0 saturated carbocycles. The van der Waals surface area contributed by atoms with Crippen LogP contribution in [0.5, 0.6) is 5.88 Å². The second kappa shape index (κ2) is 6.90. The van der Waals surface area contributed by atoms with E-state index in [1.807, 2.05) is 0 Å². The van der Waals surface area contributed by atoms with Crippen molar-refractivity contribution in [2.75, 3.05) is 12.8 Å². The van der Waals surface area contributed by atoms with E-state index < -0.39 is 28.7 Å². The predicted molar refractivity (Wildman–Crippen MR) is 91.7 cm³/mol. The van der Waals surface area contributed by atoms with Gasteiger partial charge >= 0.3 is 0 Å². The average molecular weight is 376 g/mol. The van der Waals surface area contributed by atoms with Gasteiger partial charge in [-0.1, -0.05) is 6.07 Å². The van der Waals surface area contributed by atoms with Gasteiger partial charge in [0.1, 0.15) is 17.2 Å². The van der Waals surface area contributed by atoms with Crippen LogP contribution in [0.2, 0.25) is 0 Å². The molecule has 2 heterocycles. The molecular weight excluding hydrogens is 362 g/mol. The summed E-state index contributed by atoms with van der Waals surface area (Å²) in [5.74, 6) is -2.40. The Hall–Kier alpha value is -3.69. The lowest BCUT2D eigenvalue weighted by Crippen LogP contribution is -2.34. The lowest BCUT2D eigenvalue weighted by atomic mass is 10.1. The van der Waals surface area contributed by atoms with E-state index in [2.05, 4.69) is 10.3 Å². The number of hydrogen-bond donors (Lipinski definition) is 3. The Balaban J connectivity index is 1.98. The Morgan fingerprint density at radius 2 is 2.07 bits per heavy atom. The average Bonchev–Trinajstić information content (AvgIpc) is 2.65. The summed E-state index contributed by atoms with van der Waals surface area (Å²) in [6.07, 6.45) is 0. The van der Waals surface area contributed by atoms with Gasteiger partial charge in [-0.25, -0.2) is 8.78 Å². The highest BCUT2D eigenvalue weighted by Crippen LogP contribution is 2.23. The maximum atomic E-state index is 13.7. The summed E-state index contributed by atoms with van der Waals surface area (Å²) in [6, 6.07) is 5.74. The first-order valence-corrected chi connectivity index (χ1v) is 7.64. The van der Waals surface area contributed by atoms with E-state index in [4.69, 9.17) is 10.5 Å². The van der Waals surface area contributed by atoms with Gasteiger partial charge in [0.2, 0.25) is 5.88 Å². The molecule has 0 bridgehead atoms. The van der Waals surface area contributed by atoms with E-state index in [-0.39, 0.29) is 39.4 Å². The van der Waals surface area contributed by atoms with E-state index >= 15 is 0 Å². The van der Waals surface area contributed by atoms with Crippen LogP contribution >= 0.6 is 0 Å². The van der Waals surface area contributed by atoms with Gasteiger partial charge in [-0.2, -0.15) is 4.98 Å². The van der Waals surface area contributed by atoms with Gasteiger partial charge in [0.25, 0.3) is 11.5 Å². The first-order chi connectivity index (χ1) is 12.8. The molecule has 0 spiro atoms. The molecule has 4 N–H and O–H groups in total. The first-order valence-electron chi connectivity index (χ1n) is 7.64. The summed E-state index contributed by atoms with van der Waals surface area (Å²) in [6.45, 7) is -0.311. The Kier molecular flexibility index (Phi) is 4.63. The van der Waals surface area contributed by atoms with Crippen LogP contribution in [0.1, 0.15) is 15.9 Å². The maximum Gasteiger partial charge on any atom is 0.299 e. The van der Waals surface area contributed by atoms with Crippen LogP contribution in [0.25, 0.3) is 11.0 Å². The number of methoxy groups -OCH3 is 1.